The first kappa shape index (κ1) is 22.3. The molecule has 0 aliphatic rings. The van der Waals surface area contributed by atoms with Crippen molar-refractivity contribution in [1.82, 2.24) is 20.0 Å². The van der Waals surface area contributed by atoms with Gasteiger partial charge >= 0.3 is 5.97 Å². The number of aromatic nitrogens is 4. The molecule has 0 unspecified atom stereocenters. The van der Waals surface area contributed by atoms with E-state index in [2.05, 4.69) is 20.6 Å². The SMILES string of the molecule is COC(=O)c1nc(NC(=O)[C@@H](C)n2nnc3ccccc3c2=O)sc1CCc1ccccc1. The summed E-state index contributed by atoms with van der Waals surface area (Å²) in [6, 6.07) is 15.7. The maximum Gasteiger partial charge on any atom is 0.357 e. The zero-order valence-corrected chi connectivity index (χ0v) is 18.8. The van der Waals surface area contributed by atoms with Crippen molar-refractivity contribution in [2.24, 2.45) is 0 Å². The number of carbonyl (C=O) groups excluding carboxylic acids is 2. The predicted molar refractivity (Wildman–Crippen MR) is 124 cm³/mol. The van der Waals surface area contributed by atoms with E-state index >= 15 is 0 Å². The minimum atomic E-state index is -0.937. The Balaban J connectivity index is 1.55. The van der Waals surface area contributed by atoms with E-state index in [0.717, 1.165) is 10.2 Å². The molecule has 9 nitrogen and oxygen atoms in total. The summed E-state index contributed by atoms with van der Waals surface area (Å²) in [5, 5.41) is 11.2. The molecule has 168 valence electrons. The highest BCUT2D eigenvalue weighted by molar-refractivity contribution is 7.16. The number of carbonyl (C=O) groups is 2. The molecule has 1 atom stereocenters. The lowest BCUT2D eigenvalue weighted by Gasteiger charge is -2.12. The molecule has 33 heavy (non-hydrogen) atoms. The van der Waals surface area contributed by atoms with E-state index in [4.69, 9.17) is 4.74 Å². The first-order valence-corrected chi connectivity index (χ1v) is 11.1. The maximum atomic E-state index is 12.9. The first-order valence-electron chi connectivity index (χ1n) is 10.2. The molecule has 10 heteroatoms. The van der Waals surface area contributed by atoms with E-state index in [1.165, 1.54) is 18.4 Å². The van der Waals surface area contributed by atoms with E-state index < -0.39 is 23.5 Å². The fourth-order valence-electron chi connectivity index (χ4n) is 3.31. The third kappa shape index (κ3) is 4.80. The molecule has 0 radical (unpaired) electrons. The number of nitrogens with zero attached hydrogens (tertiary/aromatic N) is 4. The number of thiazole rings is 1. The van der Waals surface area contributed by atoms with Gasteiger partial charge in [-0.05, 0) is 37.5 Å². The summed E-state index contributed by atoms with van der Waals surface area (Å²) in [6.45, 7) is 1.55. The van der Waals surface area contributed by atoms with Crippen LogP contribution in [0.1, 0.15) is 33.9 Å². The summed E-state index contributed by atoms with van der Waals surface area (Å²) >= 11 is 1.20. The van der Waals surface area contributed by atoms with E-state index in [0.29, 0.717) is 28.6 Å². The van der Waals surface area contributed by atoms with Gasteiger partial charge in [0.1, 0.15) is 11.6 Å². The number of nitrogens with one attached hydrogen (secondary N) is 1. The minimum Gasteiger partial charge on any atom is -0.464 e. The second-order valence-corrected chi connectivity index (χ2v) is 8.37. The van der Waals surface area contributed by atoms with Crippen LogP contribution in [0.4, 0.5) is 5.13 Å². The molecule has 2 aromatic heterocycles. The molecule has 2 aromatic carbocycles. The maximum absolute atomic E-state index is 12.9. The lowest BCUT2D eigenvalue weighted by atomic mass is 10.1. The van der Waals surface area contributed by atoms with Gasteiger partial charge in [0.25, 0.3) is 11.5 Å². The number of fused-ring (bicyclic) bond motifs is 1. The van der Waals surface area contributed by atoms with Crippen LogP contribution in [0.25, 0.3) is 10.9 Å². The largest absolute Gasteiger partial charge is 0.464 e. The molecule has 0 saturated carbocycles. The van der Waals surface area contributed by atoms with E-state index in [9.17, 15) is 14.4 Å². The molecule has 4 aromatic rings. The number of amides is 1. The summed E-state index contributed by atoms with van der Waals surface area (Å²) in [5.74, 6) is -1.07. The molecule has 0 fully saturated rings. The van der Waals surface area contributed by atoms with Crippen LogP contribution in [0.2, 0.25) is 0 Å². The van der Waals surface area contributed by atoms with Crippen LogP contribution in [-0.2, 0) is 22.4 Å². The molecular weight excluding hydrogens is 442 g/mol. The highest BCUT2D eigenvalue weighted by Crippen LogP contribution is 2.26. The number of hydrogen-bond donors (Lipinski definition) is 1. The van der Waals surface area contributed by atoms with Gasteiger partial charge in [-0.15, -0.1) is 16.4 Å². The van der Waals surface area contributed by atoms with Crippen LogP contribution in [-0.4, -0.2) is 39.0 Å². The number of methoxy groups -OCH3 is 1. The normalized spacial score (nSPS) is 11.8. The van der Waals surface area contributed by atoms with Gasteiger partial charge in [0.15, 0.2) is 10.8 Å². The van der Waals surface area contributed by atoms with Crippen molar-refractivity contribution in [1.29, 1.82) is 0 Å². The molecule has 0 aliphatic heterocycles. The van der Waals surface area contributed by atoms with Crippen LogP contribution in [0, 0.1) is 0 Å². The molecule has 0 aliphatic carbocycles. The topological polar surface area (TPSA) is 116 Å². The first-order chi connectivity index (χ1) is 16.0. The Labute approximate surface area is 193 Å². The van der Waals surface area contributed by atoms with E-state index in [1.807, 2.05) is 30.3 Å². The van der Waals surface area contributed by atoms with E-state index in [-0.39, 0.29) is 10.8 Å². The van der Waals surface area contributed by atoms with Gasteiger partial charge in [-0.2, -0.15) is 4.68 Å². The number of hydrogen-bond acceptors (Lipinski definition) is 8. The summed E-state index contributed by atoms with van der Waals surface area (Å²) in [4.78, 5) is 42.8. The van der Waals surface area contributed by atoms with Gasteiger partial charge in [-0.1, -0.05) is 47.7 Å². The van der Waals surface area contributed by atoms with Crippen molar-refractivity contribution in [3.05, 3.63) is 81.1 Å². The van der Waals surface area contributed by atoms with Crippen LogP contribution in [0.15, 0.2) is 59.4 Å². The molecule has 2 heterocycles. The molecule has 0 bridgehead atoms. The smallest absolute Gasteiger partial charge is 0.357 e. The summed E-state index contributed by atoms with van der Waals surface area (Å²) in [6.07, 6.45) is 1.27. The van der Waals surface area contributed by atoms with Crippen molar-refractivity contribution in [3.8, 4) is 0 Å². The number of esters is 1. The van der Waals surface area contributed by atoms with Gasteiger partial charge < -0.3 is 10.1 Å². The third-order valence-electron chi connectivity index (χ3n) is 5.13. The molecule has 0 saturated heterocycles. The number of anilines is 1. The number of benzene rings is 2. The molecule has 0 spiro atoms. The van der Waals surface area contributed by atoms with Crippen LogP contribution in [0.5, 0.6) is 0 Å². The van der Waals surface area contributed by atoms with Gasteiger partial charge in [-0.3, -0.25) is 9.59 Å². The monoisotopic (exact) mass is 463 g/mol. The molecule has 1 N–H and O–H groups in total. The zero-order chi connectivity index (χ0) is 23.4. The number of rotatable bonds is 7. The Morgan fingerprint density at radius 3 is 2.58 bits per heavy atom. The summed E-state index contributed by atoms with van der Waals surface area (Å²) < 4.78 is 5.88. The third-order valence-corrected chi connectivity index (χ3v) is 6.16. The summed E-state index contributed by atoms with van der Waals surface area (Å²) in [5.41, 5.74) is 1.33. The second kappa shape index (κ2) is 9.70. The Morgan fingerprint density at radius 2 is 1.82 bits per heavy atom. The molecular formula is C23H21N5O4S. The minimum absolute atomic E-state index is 0.170. The standard InChI is InChI=1S/C23H21N5O4S/c1-14(28-21(30)16-10-6-7-11-17(16)26-27-28)20(29)25-23-24-19(22(31)32-2)18(33-23)13-12-15-8-4-3-5-9-15/h3-11,14H,12-13H2,1-2H3,(H,24,25,29)/t14-/m1/s1. The summed E-state index contributed by atoms with van der Waals surface area (Å²) in [7, 11) is 1.29. The predicted octanol–water partition coefficient (Wildman–Crippen LogP) is 3.02. The average molecular weight is 464 g/mol. The second-order valence-electron chi connectivity index (χ2n) is 7.29. The quantitative estimate of drug-likeness (QED) is 0.419. The van der Waals surface area contributed by atoms with Gasteiger partial charge in [0.05, 0.1) is 12.5 Å². The Kier molecular flexibility index (Phi) is 6.55. The highest BCUT2D eigenvalue weighted by Gasteiger charge is 2.23. The number of aryl methyl sites for hydroxylation is 2. The molecule has 1 amide bonds. The fraction of sp³-hybridized carbons (Fsp3) is 0.217. The van der Waals surface area contributed by atoms with E-state index in [1.54, 1.807) is 31.2 Å². The zero-order valence-electron chi connectivity index (χ0n) is 18.0. The van der Waals surface area contributed by atoms with Crippen LogP contribution in [0.3, 0.4) is 0 Å². The average Bonchev–Trinajstić information content (AvgIpc) is 3.25. The lowest BCUT2D eigenvalue weighted by molar-refractivity contribution is -0.119. The molecule has 4 rings (SSSR count). The van der Waals surface area contributed by atoms with Crippen molar-refractivity contribution in [3.63, 3.8) is 0 Å². The van der Waals surface area contributed by atoms with Crippen molar-refractivity contribution >= 4 is 39.2 Å². The highest BCUT2D eigenvalue weighted by atomic mass is 32.1. The van der Waals surface area contributed by atoms with Gasteiger partial charge in [0.2, 0.25) is 0 Å². The Morgan fingerprint density at radius 1 is 1.09 bits per heavy atom. The van der Waals surface area contributed by atoms with Crippen LogP contribution < -0.4 is 10.9 Å². The fourth-order valence-corrected chi connectivity index (χ4v) is 4.26. The van der Waals surface area contributed by atoms with Gasteiger partial charge in [-0.25, -0.2) is 9.78 Å². The van der Waals surface area contributed by atoms with Crippen LogP contribution >= 0.6 is 11.3 Å². The van der Waals surface area contributed by atoms with Crippen molar-refractivity contribution < 1.29 is 14.3 Å². The van der Waals surface area contributed by atoms with Gasteiger partial charge in [0, 0.05) is 4.88 Å². The number of ether oxygens (including phenoxy) is 1. The van der Waals surface area contributed by atoms with Crippen molar-refractivity contribution in [2.45, 2.75) is 25.8 Å². The Bertz CT molecular complexity index is 1370. The Hall–Kier alpha value is -3.92. The van der Waals surface area contributed by atoms with Crippen molar-refractivity contribution in [2.75, 3.05) is 12.4 Å². The lowest BCUT2D eigenvalue weighted by Crippen LogP contribution is -2.34.